The number of carbonyl (C=O) groups is 2. The molecule has 0 aromatic heterocycles. The Morgan fingerprint density at radius 2 is 1.69 bits per heavy atom. The molecule has 0 radical (unpaired) electrons. The minimum Gasteiger partial charge on any atom is -0.484 e. The molecule has 1 atom stereocenters. The van der Waals surface area contributed by atoms with Gasteiger partial charge < -0.3 is 15.0 Å². The third-order valence-electron chi connectivity index (χ3n) is 5.20. The van der Waals surface area contributed by atoms with Crippen molar-refractivity contribution in [3.8, 4) is 5.75 Å². The van der Waals surface area contributed by atoms with E-state index in [0.717, 1.165) is 5.56 Å². The number of nitrogens with zero attached hydrogens (tertiary/aromatic N) is 1. The molecule has 0 saturated heterocycles. The minimum absolute atomic E-state index is 0.0219. The van der Waals surface area contributed by atoms with Gasteiger partial charge in [-0.25, -0.2) is 0 Å². The van der Waals surface area contributed by atoms with Crippen molar-refractivity contribution in [2.75, 3.05) is 6.61 Å². The van der Waals surface area contributed by atoms with Crippen LogP contribution in [-0.2, 0) is 21.5 Å². The molecular formula is C26H35ClN2O3. The fraction of sp³-hybridized carbons (Fsp3) is 0.462. The molecule has 0 spiro atoms. The van der Waals surface area contributed by atoms with Gasteiger partial charge in [0.05, 0.1) is 0 Å². The number of ether oxygens (including phenoxy) is 1. The van der Waals surface area contributed by atoms with Gasteiger partial charge >= 0.3 is 0 Å². The predicted molar refractivity (Wildman–Crippen MR) is 130 cm³/mol. The number of carbonyl (C=O) groups excluding carboxylic acids is 2. The van der Waals surface area contributed by atoms with Gasteiger partial charge in [0.1, 0.15) is 11.8 Å². The maximum Gasteiger partial charge on any atom is 0.261 e. The maximum atomic E-state index is 13.2. The Balaban J connectivity index is 2.20. The average molecular weight is 459 g/mol. The molecule has 0 aliphatic carbocycles. The molecular weight excluding hydrogens is 424 g/mol. The summed E-state index contributed by atoms with van der Waals surface area (Å²) in [6.07, 6.45) is 0.481. The van der Waals surface area contributed by atoms with E-state index < -0.39 is 6.04 Å². The molecule has 0 bridgehead atoms. The highest BCUT2D eigenvalue weighted by Crippen LogP contribution is 2.25. The first-order chi connectivity index (χ1) is 15.0. The molecule has 2 aromatic carbocycles. The second kappa shape index (κ2) is 11.4. The third kappa shape index (κ3) is 7.27. The zero-order valence-corrected chi connectivity index (χ0v) is 20.7. The molecule has 2 amide bonds. The summed E-state index contributed by atoms with van der Waals surface area (Å²) in [6, 6.07) is 14.5. The van der Waals surface area contributed by atoms with Crippen LogP contribution in [0.1, 0.15) is 59.1 Å². The van der Waals surface area contributed by atoms with Crippen molar-refractivity contribution in [2.24, 2.45) is 0 Å². The van der Waals surface area contributed by atoms with Gasteiger partial charge in [0.25, 0.3) is 5.91 Å². The fourth-order valence-corrected chi connectivity index (χ4v) is 3.58. The molecule has 0 heterocycles. The standard InChI is InChI=1S/C26H35ClN2O3/c1-7-23(25(31)28-18(2)3)29(16-19-10-8-9-11-22(19)27)24(30)17-32-21-14-12-20(13-15-21)26(4,5)6/h8-15,18,23H,7,16-17H2,1-6H3,(H,28,31)/t23-/m1/s1. The first-order valence-corrected chi connectivity index (χ1v) is 11.5. The van der Waals surface area contributed by atoms with E-state index in [4.69, 9.17) is 16.3 Å². The predicted octanol–water partition coefficient (Wildman–Crippen LogP) is 5.35. The van der Waals surface area contributed by atoms with Gasteiger partial charge in [0, 0.05) is 17.6 Å². The Hall–Kier alpha value is -2.53. The molecule has 0 saturated carbocycles. The third-order valence-corrected chi connectivity index (χ3v) is 5.57. The molecule has 1 N–H and O–H groups in total. The summed E-state index contributed by atoms with van der Waals surface area (Å²) in [6.45, 7) is 12.2. The van der Waals surface area contributed by atoms with E-state index in [9.17, 15) is 9.59 Å². The van der Waals surface area contributed by atoms with Gasteiger partial charge in [-0.15, -0.1) is 0 Å². The van der Waals surface area contributed by atoms with Crippen molar-refractivity contribution in [1.82, 2.24) is 10.2 Å². The van der Waals surface area contributed by atoms with E-state index in [-0.39, 0.29) is 36.4 Å². The van der Waals surface area contributed by atoms with Crippen LogP contribution < -0.4 is 10.1 Å². The SMILES string of the molecule is CC[C@H](C(=O)NC(C)C)N(Cc1ccccc1Cl)C(=O)COc1ccc(C(C)(C)C)cc1. The van der Waals surface area contributed by atoms with Crippen LogP contribution in [0.2, 0.25) is 5.02 Å². The van der Waals surface area contributed by atoms with Crippen LogP contribution in [0.4, 0.5) is 0 Å². The fourth-order valence-electron chi connectivity index (χ4n) is 3.39. The highest BCUT2D eigenvalue weighted by molar-refractivity contribution is 6.31. The Morgan fingerprint density at radius 3 is 2.22 bits per heavy atom. The quantitative estimate of drug-likeness (QED) is 0.551. The van der Waals surface area contributed by atoms with E-state index in [1.54, 1.807) is 11.0 Å². The molecule has 5 nitrogen and oxygen atoms in total. The molecule has 0 fully saturated rings. The summed E-state index contributed by atoms with van der Waals surface area (Å²) >= 11 is 6.34. The first kappa shape index (κ1) is 25.7. The van der Waals surface area contributed by atoms with Crippen molar-refractivity contribution in [3.63, 3.8) is 0 Å². The number of benzene rings is 2. The molecule has 0 unspecified atom stereocenters. The van der Waals surface area contributed by atoms with E-state index in [0.29, 0.717) is 17.2 Å². The van der Waals surface area contributed by atoms with Crippen LogP contribution in [0.25, 0.3) is 0 Å². The monoisotopic (exact) mass is 458 g/mol. The normalized spacial score (nSPS) is 12.4. The Morgan fingerprint density at radius 1 is 1.06 bits per heavy atom. The number of amides is 2. The van der Waals surface area contributed by atoms with Gasteiger partial charge in [0.2, 0.25) is 5.91 Å². The summed E-state index contributed by atoms with van der Waals surface area (Å²) in [4.78, 5) is 27.6. The van der Waals surface area contributed by atoms with E-state index in [2.05, 4.69) is 26.1 Å². The lowest BCUT2D eigenvalue weighted by Crippen LogP contribution is -2.51. The zero-order chi connectivity index (χ0) is 23.9. The van der Waals surface area contributed by atoms with Crippen LogP contribution in [0, 0.1) is 0 Å². The molecule has 174 valence electrons. The van der Waals surface area contributed by atoms with Gasteiger partial charge in [-0.3, -0.25) is 9.59 Å². The Bertz CT molecular complexity index is 904. The second-order valence-corrected chi connectivity index (χ2v) is 9.67. The van der Waals surface area contributed by atoms with Crippen LogP contribution in [0.5, 0.6) is 5.75 Å². The lowest BCUT2D eigenvalue weighted by atomic mass is 9.87. The van der Waals surface area contributed by atoms with E-state index in [1.165, 1.54) is 5.56 Å². The van der Waals surface area contributed by atoms with Gasteiger partial charge in [0.15, 0.2) is 6.61 Å². The van der Waals surface area contributed by atoms with Gasteiger partial charge in [-0.2, -0.15) is 0 Å². The summed E-state index contributed by atoms with van der Waals surface area (Å²) in [5, 5.41) is 3.48. The van der Waals surface area contributed by atoms with Gasteiger partial charge in [-0.05, 0) is 55.0 Å². The highest BCUT2D eigenvalue weighted by Gasteiger charge is 2.29. The molecule has 2 rings (SSSR count). The smallest absolute Gasteiger partial charge is 0.261 e. The van der Waals surface area contributed by atoms with E-state index >= 15 is 0 Å². The number of halogens is 1. The first-order valence-electron chi connectivity index (χ1n) is 11.1. The molecule has 2 aromatic rings. The summed E-state index contributed by atoms with van der Waals surface area (Å²) in [7, 11) is 0. The largest absolute Gasteiger partial charge is 0.484 e. The number of hydrogen-bond acceptors (Lipinski definition) is 3. The summed E-state index contributed by atoms with van der Waals surface area (Å²) in [5.74, 6) is 0.164. The summed E-state index contributed by atoms with van der Waals surface area (Å²) < 4.78 is 5.78. The maximum absolute atomic E-state index is 13.2. The second-order valence-electron chi connectivity index (χ2n) is 9.26. The van der Waals surface area contributed by atoms with Crippen LogP contribution in [-0.4, -0.2) is 35.4 Å². The molecule has 32 heavy (non-hydrogen) atoms. The summed E-state index contributed by atoms with van der Waals surface area (Å²) in [5.41, 5.74) is 2.01. The molecule has 0 aliphatic rings. The number of hydrogen-bond donors (Lipinski definition) is 1. The topological polar surface area (TPSA) is 58.6 Å². The van der Waals surface area contributed by atoms with Crippen molar-refractivity contribution in [2.45, 2.75) is 72.0 Å². The molecule has 6 heteroatoms. The Labute approximate surface area is 197 Å². The van der Waals surface area contributed by atoms with Crippen LogP contribution in [0.3, 0.4) is 0 Å². The van der Waals surface area contributed by atoms with Crippen molar-refractivity contribution >= 4 is 23.4 Å². The van der Waals surface area contributed by atoms with Gasteiger partial charge in [-0.1, -0.05) is 69.6 Å². The number of rotatable bonds is 9. The highest BCUT2D eigenvalue weighted by atomic mass is 35.5. The lowest BCUT2D eigenvalue weighted by Gasteiger charge is -2.31. The lowest BCUT2D eigenvalue weighted by molar-refractivity contribution is -0.143. The van der Waals surface area contributed by atoms with Crippen molar-refractivity contribution in [3.05, 3.63) is 64.7 Å². The van der Waals surface area contributed by atoms with E-state index in [1.807, 2.05) is 63.2 Å². The van der Waals surface area contributed by atoms with Crippen molar-refractivity contribution in [1.29, 1.82) is 0 Å². The molecule has 0 aliphatic heterocycles. The Kier molecular flexibility index (Phi) is 9.14. The zero-order valence-electron chi connectivity index (χ0n) is 19.9. The number of nitrogens with one attached hydrogen (secondary N) is 1. The van der Waals surface area contributed by atoms with Crippen LogP contribution in [0.15, 0.2) is 48.5 Å². The minimum atomic E-state index is -0.618. The van der Waals surface area contributed by atoms with Crippen molar-refractivity contribution < 1.29 is 14.3 Å². The van der Waals surface area contributed by atoms with Crippen LogP contribution >= 0.6 is 11.6 Å². The average Bonchev–Trinajstić information content (AvgIpc) is 2.72.